The van der Waals surface area contributed by atoms with Gasteiger partial charge in [0.2, 0.25) is 0 Å². The van der Waals surface area contributed by atoms with E-state index in [2.05, 4.69) is 22.2 Å². The zero-order valence-electron chi connectivity index (χ0n) is 9.65. The number of hydrogen-bond acceptors (Lipinski definition) is 4. The van der Waals surface area contributed by atoms with Gasteiger partial charge >= 0.3 is 0 Å². The Balaban J connectivity index is 3.11. The van der Waals surface area contributed by atoms with E-state index in [9.17, 15) is 0 Å². The topological polar surface area (TPSA) is 55.2 Å². The van der Waals surface area contributed by atoms with Crippen molar-refractivity contribution < 1.29 is 9.47 Å². The lowest BCUT2D eigenvalue weighted by Crippen LogP contribution is -2.18. The maximum absolute atomic E-state index is 5.20. The van der Waals surface area contributed by atoms with Gasteiger partial charge in [0.1, 0.15) is 5.84 Å². The molecule has 86 valence electrons. The Bertz CT molecular complexity index is 402. The molecule has 0 saturated heterocycles. The highest BCUT2D eigenvalue weighted by Gasteiger charge is 2.07. The van der Waals surface area contributed by atoms with Crippen molar-refractivity contribution in [3.63, 3.8) is 0 Å². The van der Waals surface area contributed by atoms with Crippen molar-refractivity contribution in [2.24, 2.45) is 10.1 Å². The number of ether oxygens (including phenoxy) is 2. The molecule has 5 heteroatoms. The van der Waals surface area contributed by atoms with Crippen LogP contribution in [0.25, 0.3) is 0 Å². The van der Waals surface area contributed by atoms with Gasteiger partial charge in [0.25, 0.3) is 0 Å². The van der Waals surface area contributed by atoms with E-state index in [4.69, 9.17) is 9.47 Å². The van der Waals surface area contributed by atoms with Crippen molar-refractivity contribution in [1.82, 2.24) is 5.43 Å². The molecule has 0 bridgehead atoms. The summed E-state index contributed by atoms with van der Waals surface area (Å²) in [6.07, 6.45) is 0. The molecule has 16 heavy (non-hydrogen) atoms. The van der Waals surface area contributed by atoms with Gasteiger partial charge in [-0.2, -0.15) is 5.10 Å². The first kappa shape index (κ1) is 12.0. The van der Waals surface area contributed by atoms with E-state index in [1.165, 1.54) is 0 Å². The monoisotopic (exact) mass is 221 g/mol. The van der Waals surface area contributed by atoms with Crippen LogP contribution in [0.5, 0.6) is 11.5 Å². The van der Waals surface area contributed by atoms with Crippen LogP contribution in [0.3, 0.4) is 0 Å². The van der Waals surface area contributed by atoms with Gasteiger partial charge in [-0.25, -0.2) is 0 Å². The van der Waals surface area contributed by atoms with E-state index in [0.29, 0.717) is 17.3 Å². The molecule has 1 N–H and O–H groups in total. The minimum absolute atomic E-state index is 0.621. The van der Waals surface area contributed by atoms with E-state index in [0.717, 1.165) is 5.56 Å². The largest absolute Gasteiger partial charge is 0.493 e. The smallest absolute Gasteiger partial charge is 0.161 e. The molecule has 0 fully saturated rings. The van der Waals surface area contributed by atoms with E-state index >= 15 is 0 Å². The molecule has 5 nitrogen and oxygen atoms in total. The van der Waals surface area contributed by atoms with Crippen LogP contribution in [0, 0.1) is 0 Å². The van der Waals surface area contributed by atoms with Crippen molar-refractivity contribution in [2.75, 3.05) is 21.3 Å². The van der Waals surface area contributed by atoms with E-state index in [1.807, 2.05) is 18.2 Å². The first-order valence-electron chi connectivity index (χ1n) is 4.67. The van der Waals surface area contributed by atoms with Crippen LogP contribution in [0.15, 0.2) is 28.3 Å². The fourth-order valence-corrected chi connectivity index (χ4v) is 1.30. The Morgan fingerprint density at radius 3 is 2.44 bits per heavy atom. The highest BCUT2D eigenvalue weighted by molar-refractivity contribution is 5.99. The number of amidine groups is 1. The average molecular weight is 221 g/mol. The number of aliphatic imine (C=N–C) groups is 1. The Labute approximate surface area is 94.8 Å². The molecule has 0 aromatic heterocycles. The van der Waals surface area contributed by atoms with Crippen molar-refractivity contribution >= 4 is 12.6 Å². The van der Waals surface area contributed by atoms with Gasteiger partial charge in [-0.3, -0.25) is 10.4 Å². The lowest BCUT2D eigenvalue weighted by molar-refractivity contribution is 0.355. The molecule has 0 radical (unpaired) electrons. The molecule has 0 aliphatic carbocycles. The minimum Gasteiger partial charge on any atom is -0.493 e. The Morgan fingerprint density at radius 1 is 1.25 bits per heavy atom. The van der Waals surface area contributed by atoms with E-state index in [1.54, 1.807) is 21.3 Å². The summed E-state index contributed by atoms with van der Waals surface area (Å²) in [6, 6.07) is 5.49. The van der Waals surface area contributed by atoms with E-state index in [-0.39, 0.29) is 0 Å². The molecular weight excluding hydrogens is 206 g/mol. The van der Waals surface area contributed by atoms with Gasteiger partial charge in [-0.05, 0) is 18.2 Å². The maximum Gasteiger partial charge on any atom is 0.161 e. The number of benzene rings is 1. The highest BCUT2D eigenvalue weighted by atomic mass is 16.5. The number of nitrogens with one attached hydrogen (secondary N) is 1. The maximum atomic E-state index is 5.20. The van der Waals surface area contributed by atoms with Crippen molar-refractivity contribution in [3.8, 4) is 11.5 Å². The van der Waals surface area contributed by atoms with Crippen LogP contribution in [0.4, 0.5) is 0 Å². The summed E-state index contributed by atoms with van der Waals surface area (Å²) in [4.78, 5) is 4.05. The van der Waals surface area contributed by atoms with Gasteiger partial charge in [0.15, 0.2) is 11.5 Å². The molecule has 0 amide bonds. The summed E-state index contributed by atoms with van der Waals surface area (Å²) >= 11 is 0. The summed E-state index contributed by atoms with van der Waals surface area (Å²) in [6.45, 7) is 3.35. The number of hydrogen-bond donors (Lipinski definition) is 1. The second kappa shape index (κ2) is 5.75. The number of methoxy groups -OCH3 is 2. The van der Waals surface area contributed by atoms with Crippen LogP contribution in [0.2, 0.25) is 0 Å². The zero-order valence-corrected chi connectivity index (χ0v) is 9.65. The molecule has 1 aromatic carbocycles. The van der Waals surface area contributed by atoms with Crippen LogP contribution >= 0.6 is 0 Å². The van der Waals surface area contributed by atoms with Crippen molar-refractivity contribution in [2.45, 2.75) is 0 Å². The predicted octanol–water partition coefficient (Wildman–Crippen LogP) is 1.29. The molecule has 0 heterocycles. The third-order valence-electron chi connectivity index (χ3n) is 2.07. The van der Waals surface area contributed by atoms with Gasteiger partial charge < -0.3 is 9.47 Å². The third-order valence-corrected chi connectivity index (χ3v) is 2.07. The molecule has 0 atom stereocenters. The molecule has 0 unspecified atom stereocenters. The van der Waals surface area contributed by atoms with Crippen molar-refractivity contribution in [3.05, 3.63) is 23.8 Å². The second-order valence-corrected chi connectivity index (χ2v) is 2.91. The fraction of sp³-hybridized carbons (Fsp3) is 0.273. The van der Waals surface area contributed by atoms with Crippen LogP contribution in [0.1, 0.15) is 5.56 Å². The Kier molecular flexibility index (Phi) is 4.32. The molecule has 1 rings (SSSR count). The fourth-order valence-electron chi connectivity index (χ4n) is 1.30. The molecule has 0 aliphatic heterocycles. The number of hydrazone groups is 1. The second-order valence-electron chi connectivity index (χ2n) is 2.91. The summed E-state index contributed by atoms with van der Waals surface area (Å²) in [7, 11) is 4.85. The van der Waals surface area contributed by atoms with Gasteiger partial charge in [-0.1, -0.05) is 0 Å². The van der Waals surface area contributed by atoms with Crippen LogP contribution < -0.4 is 14.9 Å². The summed E-state index contributed by atoms with van der Waals surface area (Å²) in [5.41, 5.74) is 3.56. The molecule has 1 aromatic rings. The number of rotatable bonds is 4. The molecule has 0 aliphatic rings. The predicted molar refractivity (Wildman–Crippen MR) is 64.7 cm³/mol. The van der Waals surface area contributed by atoms with E-state index < -0.39 is 0 Å². The highest BCUT2D eigenvalue weighted by Crippen LogP contribution is 2.27. The standard InChI is InChI=1S/C11H15N3O2/c1-12-11(14-13-2)8-5-6-9(15-3)10(7-8)16-4/h5-7H,2H2,1,3-4H3,(H,12,14). The first-order valence-corrected chi connectivity index (χ1v) is 4.67. The SMILES string of the molecule is C=NNC(=NC)c1ccc(OC)c(OC)c1. The zero-order chi connectivity index (χ0) is 12.0. The molecular formula is C11H15N3O2. The molecule has 0 spiro atoms. The third kappa shape index (κ3) is 2.50. The quantitative estimate of drug-likeness (QED) is 0.473. The van der Waals surface area contributed by atoms with Gasteiger partial charge in [0, 0.05) is 19.3 Å². The summed E-state index contributed by atoms with van der Waals surface area (Å²) < 4.78 is 10.3. The molecule has 0 saturated carbocycles. The lowest BCUT2D eigenvalue weighted by atomic mass is 10.2. The van der Waals surface area contributed by atoms with Crippen molar-refractivity contribution in [1.29, 1.82) is 0 Å². The Hall–Kier alpha value is -2.04. The minimum atomic E-state index is 0.621. The normalized spacial score (nSPS) is 10.8. The summed E-state index contributed by atoms with van der Waals surface area (Å²) in [5, 5.41) is 3.58. The summed E-state index contributed by atoms with van der Waals surface area (Å²) in [5.74, 6) is 1.94. The van der Waals surface area contributed by atoms with Crippen LogP contribution in [-0.4, -0.2) is 33.8 Å². The van der Waals surface area contributed by atoms with Gasteiger partial charge in [0.05, 0.1) is 14.2 Å². The average Bonchev–Trinajstić information content (AvgIpc) is 2.35. The lowest BCUT2D eigenvalue weighted by Gasteiger charge is -2.10. The number of nitrogens with zero attached hydrogens (tertiary/aromatic N) is 2. The first-order chi connectivity index (χ1) is 7.76. The Morgan fingerprint density at radius 2 is 1.94 bits per heavy atom. The van der Waals surface area contributed by atoms with Gasteiger partial charge in [-0.15, -0.1) is 0 Å². The van der Waals surface area contributed by atoms with Crippen LogP contribution in [-0.2, 0) is 0 Å².